The van der Waals surface area contributed by atoms with Crippen molar-refractivity contribution in [3.05, 3.63) is 66.1 Å². The molecule has 1 aliphatic heterocycles. The molecule has 1 fully saturated rings. The standard InChI is InChI=1S/C21H20ClN3O/c22-19(21-24-23-20(26-21)17-7-3-1-4-8-17)15-16-9-11-18(12-10-16)25-13-5-2-6-14-25/h1,3-4,7-12,15H,2,5-6,13-14H2/b19-15-. The summed E-state index contributed by atoms with van der Waals surface area (Å²) in [6.45, 7) is 2.28. The predicted molar refractivity (Wildman–Crippen MR) is 106 cm³/mol. The Labute approximate surface area is 158 Å². The fourth-order valence-electron chi connectivity index (χ4n) is 3.16. The number of benzene rings is 2. The summed E-state index contributed by atoms with van der Waals surface area (Å²) in [5.41, 5.74) is 3.15. The first-order valence-electron chi connectivity index (χ1n) is 8.91. The summed E-state index contributed by atoms with van der Waals surface area (Å²) in [7, 11) is 0. The quantitative estimate of drug-likeness (QED) is 0.615. The minimum atomic E-state index is 0.325. The molecule has 0 N–H and O–H groups in total. The summed E-state index contributed by atoms with van der Waals surface area (Å²) in [6.07, 6.45) is 5.73. The number of piperidine rings is 1. The molecule has 0 bridgehead atoms. The van der Waals surface area contributed by atoms with Crippen LogP contribution in [0.25, 0.3) is 22.6 Å². The van der Waals surface area contributed by atoms with Crippen LogP contribution in [0.1, 0.15) is 30.7 Å². The maximum absolute atomic E-state index is 6.38. The molecule has 5 heteroatoms. The van der Waals surface area contributed by atoms with Gasteiger partial charge in [0, 0.05) is 24.3 Å². The predicted octanol–water partition coefficient (Wildman–Crippen LogP) is 5.46. The molecule has 0 amide bonds. The van der Waals surface area contributed by atoms with Crippen LogP contribution < -0.4 is 4.90 Å². The van der Waals surface area contributed by atoms with Gasteiger partial charge in [-0.2, -0.15) is 0 Å². The van der Waals surface area contributed by atoms with E-state index in [2.05, 4.69) is 39.4 Å². The van der Waals surface area contributed by atoms with E-state index in [9.17, 15) is 0 Å². The Morgan fingerprint density at radius 1 is 0.923 bits per heavy atom. The smallest absolute Gasteiger partial charge is 0.259 e. The van der Waals surface area contributed by atoms with Crippen LogP contribution in [-0.2, 0) is 0 Å². The molecule has 0 radical (unpaired) electrons. The van der Waals surface area contributed by atoms with Crippen LogP contribution in [-0.4, -0.2) is 23.3 Å². The Kier molecular flexibility index (Phi) is 5.02. The Morgan fingerprint density at radius 3 is 2.38 bits per heavy atom. The highest BCUT2D eigenvalue weighted by molar-refractivity contribution is 6.50. The lowest BCUT2D eigenvalue weighted by Gasteiger charge is -2.28. The van der Waals surface area contributed by atoms with E-state index in [4.69, 9.17) is 16.0 Å². The number of hydrogen-bond acceptors (Lipinski definition) is 4. The molecule has 3 aromatic rings. The van der Waals surface area contributed by atoms with Crippen LogP contribution in [0, 0.1) is 0 Å². The minimum Gasteiger partial charge on any atom is -0.415 e. The van der Waals surface area contributed by atoms with Crippen LogP contribution in [0.4, 0.5) is 5.69 Å². The number of nitrogens with zero attached hydrogens (tertiary/aromatic N) is 3. The topological polar surface area (TPSA) is 42.2 Å². The highest BCUT2D eigenvalue weighted by atomic mass is 35.5. The average molecular weight is 366 g/mol. The van der Waals surface area contributed by atoms with Gasteiger partial charge in [0.2, 0.25) is 5.89 Å². The van der Waals surface area contributed by atoms with Gasteiger partial charge in [0.1, 0.15) is 5.03 Å². The van der Waals surface area contributed by atoms with Gasteiger partial charge < -0.3 is 9.32 Å². The number of anilines is 1. The van der Waals surface area contributed by atoms with Crippen molar-refractivity contribution in [3.8, 4) is 11.5 Å². The summed E-state index contributed by atoms with van der Waals surface area (Å²) < 4.78 is 5.69. The SMILES string of the molecule is Cl/C(=C\c1ccc(N2CCCCC2)cc1)c1nnc(-c2ccccc2)o1. The minimum absolute atomic E-state index is 0.325. The molecule has 1 aromatic heterocycles. The molecule has 0 atom stereocenters. The lowest BCUT2D eigenvalue weighted by atomic mass is 10.1. The van der Waals surface area contributed by atoms with E-state index in [1.54, 1.807) is 0 Å². The molecule has 0 saturated carbocycles. The van der Waals surface area contributed by atoms with Gasteiger partial charge in [0.05, 0.1) is 0 Å². The number of halogens is 1. The van der Waals surface area contributed by atoms with Gasteiger partial charge in [0.25, 0.3) is 5.89 Å². The molecule has 0 spiro atoms. The van der Waals surface area contributed by atoms with Crippen molar-refractivity contribution in [2.45, 2.75) is 19.3 Å². The summed E-state index contributed by atoms with van der Waals surface area (Å²) in [5, 5.41) is 8.57. The average Bonchev–Trinajstić information content (AvgIpc) is 3.20. The fraction of sp³-hybridized carbons (Fsp3) is 0.238. The fourth-order valence-corrected chi connectivity index (χ4v) is 3.36. The summed E-state index contributed by atoms with van der Waals surface area (Å²) >= 11 is 6.38. The zero-order valence-electron chi connectivity index (χ0n) is 14.4. The molecule has 4 rings (SSSR count). The van der Waals surface area contributed by atoms with Crippen LogP contribution in [0.5, 0.6) is 0 Å². The van der Waals surface area contributed by atoms with Gasteiger partial charge in [-0.3, -0.25) is 0 Å². The Hall–Kier alpha value is -2.59. The van der Waals surface area contributed by atoms with Crippen molar-refractivity contribution in [2.75, 3.05) is 18.0 Å². The van der Waals surface area contributed by atoms with E-state index in [1.807, 2.05) is 36.4 Å². The maximum atomic E-state index is 6.38. The third-order valence-electron chi connectivity index (χ3n) is 4.56. The van der Waals surface area contributed by atoms with Crippen molar-refractivity contribution >= 4 is 28.4 Å². The van der Waals surface area contributed by atoms with Gasteiger partial charge in [0.15, 0.2) is 0 Å². The second kappa shape index (κ2) is 7.75. The monoisotopic (exact) mass is 365 g/mol. The molecule has 2 heterocycles. The van der Waals surface area contributed by atoms with Crippen LogP contribution in [0.2, 0.25) is 0 Å². The molecule has 2 aromatic carbocycles. The lowest BCUT2D eigenvalue weighted by Crippen LogP contribution is -2.29. The molecule has 4 nitrogen and oxygen atoms in total. The first kappa shape index (κ1) is 16.9. The Morgan fingerprint density at radius 2 is 1.65 bits per heavy atom. The first-order valence-corrected chi connectivity index (χ1v) is 9.29. The van der Waals surface area contributed by atoms with Gasteiger partial charge in [-0.25, -0.2) is 0 Å². The molecule has 0 aliphatic carbocycles. The van der Waals surface area contributed by atoms with Crippen LogP contribution in [0.15, 0.2) is 59.0 Å². The van der Waals surface area contributed by atoms with Crippen molar-refractivity contribution in [2.24, 2.45) is 0 Å². The summed E-state index contributed by atoms with van der Waals surface area (Å²) in [4.78, 5) is 2.43. The third-order valence-corrected chi connectivity index (χ3v) is 4.83. The van der Waals surface area contributed by atoms with E-state index in [1.165, 1.54) is 24.9 Å². The second-order valence-electron chi connectivity index (χ2n) is 6.41. The molecule has 26 heavy (non-hydrogen) atoms. The number of rotatable bonds is 4. The van der Waals surface area contributed by atoms with E-state index in [-0.39, 0.29) is 0 Å². The van der Waals surface area contributed by atoms with E-state index >= 15 is 0 Å². The maximum Gasteiger partial charge on any atom is 0.259 e. The third kappa shape index (κ3) is 3.81. The van der Waals surface area contributed by atoms with E-state index < -0.39 is 0 Å². The Bertz CT molecular complexity index is 881. The molecular weight excluding hydrogens is 346 g/mol. The Balaban J connectivity index is 1.50. The number of hydrogen-bond donors (Lipinski definition) is 0. The van der Waals surface area contributed by atoms with Crippen molar-refractivity contribution < 1.29 is 4.42 Å². The van der Waals surface area contributed by atoms with Gasteiger partial charge in [-0.1, -0.05) is 41.9 Å². The zero-order valence-corrected chi connectivity index (χ0v) is 15.2. The molecule has 0 unspecified atom stereocenters. The van der Waals surface area contributed by atoms with Crippen LogP contribution >= 0.6 is 11.6 Å². The molecular formula is C21H20ClN3O. The molecule has 1 saturated heterocycles. The molecule has 1 aliphatic rings. The highest BCUT2D eigenvalue weighted by Gasteiger charge is 2.12. The lowest BCUT2D eigenvalue weighted by molar-refractivity contribution is 0.556. The van der Waals surface area contributed by atoms with Gasteiger partial charge >= 0.3 is 0 Å². The van der Waals surface area contributed by atoms with E-state index in [0.29, 0.717) is 16.8 Å². The van der Waals surface area contributed by atoms with Crippen LogP contribution in [0.3, 0.4) is 0 Å². The van der Waals surface area contributed by atoms with Gasteiger partial charge in [-0.15, -0.1) is 10.2 Å². The van der Waals surface area contributed by atoms with E-state index in [0.717, 1.165) is 24.2 Å². The van der Waals surface area contributed by atoms with Gasteiger partial charge in [-0.05, 0) is 55.2 Å². The zero-order chi connectivity index (χ0) is 17.8. The number of aromatic nitrogens is 2. The molecule has 132 valence electrons. The van der Waals surface area contributed by atoms with Crippen molar-refractivity contribution in [1.82, 2.24) is 10.2 Å². The summed E-state index contributed by atoms with van der Waals surface area (Å²) in [5.74, 6) is 0.790. The second-order valence-corrected chi connectivity index (χ2v) is 6.82. The highest BCUT2D eigenvalue weighted by Crippen LogP contribution is 2.26. The first-order chi connectivity index (χ1) is 12.8. The van der Waals surface area contributed by atoms with Crippen molar-refractivity contribution in [3.63, 3.8) is 0 Å². The largest absolute Gasteiger partial charge is 0.415 e. The van der Waals surface area contributed by atoms with Crippen molar-refractivity contribution in [1.29, 1.82) is 0 Å². The normalized spacial score (nSPS) is 15.3. The summed E-state index contributed by atoms with van der Waals surface area (Å²) in [6, 6.07) is 18.1.